The van der Waals surface area contributed by atoms with Crippen LogP contribution in [0.2, 0.25) is 0 Å². The van der Waals surface area contributed by atoms with Gasteiger partial charge in [-0.3, -0.25) is 9.59 Å². The van der Waals surface area contributed by atoms with Gasteiger partial charge < -0.3 is 4.74 Å². The standard InChI is InChI=1S/C10H11ClO3/c1-2-14-10(13)9(11)7-5-3-4-6-8(7)12/h3-5,9H,2,6H2,1H3. The van der Waals surface area contributed by atoms with Crippen molar-refractivity contribution in [1.29, 1.82) is 0 Å². The van der Waals surface area contributed by atoms with E-state index in [0.29, 0.717) is 12.0 Å². The Bertz CT molecular complexity index is 304. The highest BCUT2D eigenvalue weighted by molar-refractivity contribution is 6.35. The number of ketones is 1. The van der Waals surface area contributed by atoms with Crippen molar-refractivity contribution in [3.05, 3.63) is 23.8 Å². The summed E-state index contributed by atoms with van der Waals surface area (Å²) in [6.45, 7) is 1.96. The highest BCUT2D eigenvalue weighted by atomic mass is 35.5. The van der Waals surface area contributed by atoms with Crippen LogP contribution in [-0.2, 0) is 14.3 Å². The summed E-state index contributed by atoms with van der Waals surface area (Å²) in [7, 11) is 0. The van der Waals surface area contributed by atoms with Crippen molar-refractivity contribution in [2.45, 2.75) is 18.7 Å². The molecule has 0 saturated heterocycles. The molecule has 0 fully saturated rings. The number of ether oxygens (including phenoxy) is 1. The summed E-state index contributed by atoms with van der Waals surface area (Å²) in [6, 6.07) is 0. The van der Waals surface area contributed by atoms with Crippen molar-refractivity contribution < 1.29 is 14.3 Å². The Balaban J connectivity index is 2.72. The van der Waals surface area contributed by atoms with E-state index in [2.05, 4.69) is 0 Å². The van der Waals surface area contributed by atoms with Crippen LogP contribution in [0, 0.1) is 0 Å². The van der Waals surface area contributed by atoms with E-state index < -0.39 is 11.3 Å². The molecule has 0 spiro atoms. The van der Waals surface area contributed by atoms with Crippen molar-refractivity contribution in [3.8, 4) is 0 Å². The van der Waals surface area contributed by atoms with Crippen LogP contribution in [0.5, 0.6) is 0 Å². The van der Waals surface area contributed by atoms with Crippen molar-refractivity contribution in [2.75, 3.05) is 6.61 Å². The molecule has 0 N–H and O–H groups in total. The van der Waals surface area contributed by atoms with Crippen LogP contribution < -0.4 is 0 Å². The van der Waals surface area contributed by atoms with E-state index in [1.807, 2.05) is 0 Å². The summed E-state index contributed by atoms with van der Waals surface area (Å²) in [5.74, 6) is -0.690. The Morgan fingerprint density at radius 2 is 2.43 bits per heavy atom. The topological polar surface area (TPSA) is 43.4 Å². The number of esters is 1. The Morgan fingerprint density at radius 3 is 3.00 bits per heavy atom. The molecule has 0 radical (unpaired) electrons. The van der Waals surface area contributed by atoms with Crippen LogP contribution in [0.1, 0.15) is 13.3 Å². The van der Waals surface area contributed by atoms with Gasteiger partial charge in [0.15, 0.2) is 11.2 Å². The number of carbonyl (C=O) groups excluding carboxylic acids is 2. The molecule has 0 aromatic rings. The average molecular weight is 215 g/mol. The number of alkyl halides is 1. The molecule has 14 heavy (non-hydrogen) atoms. The Labute approximate surface area is 87.4 Å². The van der Waals surface area contributed by atoms with Gasteiger partial charge in [-0.15, -0.1) is 11.6 Å². The van der Waals surface area contributed by atoms with E-state index in [1.54, 1.807) is 25.2 Å². The van der Waals surface area contributed by atoms with Gasteiger partial charge in [-0.2, -0.15) is 0 Å². The monoisotopic (exact) mass is 214 g/mol. The lowest BCUT2D eigenvalue weighted by Gasteiger charge is -2.12. The second-order valence-corrected chi connectivity index (χ2v) is 3.23. The number of carbonyl (C=O) groups is 2. The van der Waals surface area contributed by atoms with E-state index in [1.165, 1.54) is 0 Å². The first kappa shape index (κ1) is 11.0. The van der Waals surface area contributed by atoms with Gasteiger partial charge in [-0.25, -0.2) is 0 Å². The predicted molar refractivity (Wildman–Crippen MR) is 53.1 cm³/mol. The molecular formula is C10H11ClO3. The summed E-state index contributed by atoms with van der Waals surface area (Å²) >= 11 is 5.79. The molecule has 1 atom stereocenters. The maximum absolute atomic E-state index is 11.3. The molecule has 0 heterocycles. The van der Waals surface area contributed by atoms with Crippen LogP contribution in [0.25, 0.3) is 0 Å². The lowest BCUT2D eigenvalue weighted by atomic mass is 10.0. The minimum atomic E-state index is -0.979. The highest BCUT2D eigenvalue weighted by Crippen LogP contribution is 2.18. The fourth-order valence-electron chi connectivity index (χ4n) is 1.13. The van der Waals surface area contributed by atoms with Gasteiger partial charge in [0.25, 0.3) is 0 Å². The van der Waals surface area contributed by atoms with Crippen LogP contribution in [0.15, 0.2) is 23.8 Å². The van der Waals surface area contributed by atoms with Gasteiger partial charge in [0.1, 0.15) is 0 Å². The molecule has 3 nitrogen and oxygen atoms in total. The molecule has 0 aromatic heterocycles. The third kappa shape index (κ3) is 2.45. The van der Waals surface area contributed by atoms with Crippen LogP contribution >= 0.6 is 11.6 Å². The minimum Gasteiger partial charge on any atom is -0.465 e. The van der Waals surface area contributed by atoms with E-state index >= 15 is 0 Å². The first-order valence-electron chi connectivity index (χ1n) is 4.37. The van der Waals surface area contributed by atoms with E-state index in [-0.39, 0.29) is 12.4 Å². The van der Waals surface area contributed by atoms with Crippen molar-refractivity contribution in [2.24, 2.45) is 0 Å². The van der Waals surface area contributed by atoms with E-state index in [9.17, 15) is 9.59 Å². The largest absolute Gasteiger partial charge is 0.465 e. The fraction of sp³-hybridized carbons (Fsp3) is 0.400. The van der Waals surface area contributed by atoms with E-state index in [0.717, 1.165) is 0 Å². The van der Waals surface area contributed by atoms with Crippen LogP contribution in [0.4, 0.5) is 0 Å². The quantitative estimate of drug-likeness (QED) is 0.530. The highest BCUT2D eigenvalue weighted by Gasteiger charge is 2.26. The smallest absolute Gasteiger partial charge is 0.328 e. The summed E-state index contributed by atoms with van der Waals surface area (Å²) < 4.78 is 4.72. The normalized spacial score (nSPS) is 17.6. The number of allylic oxidation sites excluding steroid dienone is 3. The van der Waals surface area contributed by atoms with E-state index in [4.69, 9.17) is 16.3 Å². The number of Topliss-reactive ketones (excluding diaryl/α,β-unsaturated/α-hetero) is 1. The zero-order valence-electron chi connectivity index (χ0n) is 7.83. The van der Waals surface area contributed by atoms with Gasteiger partial charge in [0, 0.05) is 12.0 Å². The SMILES string of the molecule is CCOC(=O)C(Cl)C1=CC=CCC1=O. The van der Waals surface area contributed by atoms with Crippen molar-refractivity contribution in [1.82, 2.24) is 0 Å². The molecule has 0 aromatic carbocycles. The Hall–Kier alpha value is -1.09. The second-order valence-electron chi connectivity index (χ2n) is 2.79. The molecule has 1 aliphatic carbocycles. The fourth-order valence-corrected chi connectivity index (χ4v) is 1.38. The molecule has 0 amide bonds. The molecule has 1 aliphatic rings. The Kier molecular flexibility index (Phi) is 3.89. The summed E-state index contributed by atoms with van der Waals surface area (Å²) in [5, 5.41) is -0.979. The third-order valence-electron chi connectivity index (χ3n) is 1.80. The Morgan fingerprint density at radius 1 is 1.71 bits per heavy atom. The summed E-state index contributed by atoms with van der Waals surface area (Å²) in [4.78, 5) is 22.5. The van der Waals surface area contributed by atoms with Crippen LogP contribution in [0.3, 0.4) is 0 Å². The zero-order chi connectivity index (χ0) is 10.6. The number of hydrogen-bond donors (Lipinski definition) is 0. The first-order chi connectivity index (χ1) is 6.66. The molecule has 0 bridgehead atoms. The summed E-state index contributed by atoms with van der Waals surface area (Å²) in [6.07, 6.45) is 5.29. The van der Waals surface area contributed by atoms with Gasteiger partial charge in [0.05, 0.1) is 6.61 Å². The third-order valence-corrected chi connectivity index (χ3v) is 2.22. The van der Waals surface area contributed by atoms with Crippen molar-refractivity contribution >= 4 is 23.4 Å². The lowest BCUT2D eigenvalue weighted by Crippen LogP contribution is -2.25. The van der Waals surface area contributed by atoms with Gasteiger partial charge in [-0.05, 0) is 6.92 Å². The maximum Gasteiger partial charge on any atom is 0.328 e. The average Bonchev–Trinajstić information content (AvgIpc) is 2.18. The minimum absolute atomic E-state index is 0.124. The molecule has 4 heteroatoms. The molecule has 1 rings (SSSR count). The van der Waals surface area contributed by atoms with Gasteiger partial charge in [0.2, 0.25) is 0 Å². The first-order valence-corrected chi connectivity index (χ1v) is 4.81. The predicted octanol–water partition coefficient (Wildman–Crippen LogP) is 1.61. The zero-order valence-corrected chi connectivity index (χ0v) is 8.58. The number of rotatable bonds is 3. The molecule has 0 saturated carbocycles. The molecule has 0 aliphatic heterocycles. The van der Waals surface area contributed by atoms with Gasteiger partial charge >= 0.3 is 5.97 Å². The van der Waals surface area contributed by atoms with Gasteiger partial charge in [-0.1, -0.05) is 18.2 Å². The molecular weight excluding hydrogens is 204 g/mol. The maximum atomic E-state index is 11.3. The number of halogens is 1. The van der Waals surface area contributed by atoms with Crippen molar-refractivity contribution in [3.63, 3.8) is 0 Å². The summed E-state index contributed by atoms with van der Waals surface area (Å²) in [5.41, 5.74) is 0.313. The lowest BCUT2D eigenvalue weighted by molar-refractivity contribution is -0.142. The molecule has 1 unspecified atom stereocenters. The second kappa shape index (κ2) is 4.96. The number of hydrogen-bond acceptors (Lipinski definition) is 3. The molecule has 76 valence electrons. The van der Waals surface area contributed by atoms with Crippen LogP contribution in [-0.4, -0.2) is 23.7 Å².